The number of carbonyl (C=O) groups is 2. The molecule has 0 saturated carbocycles. The van der Waals surface area contributed by atoms with Crippen molar-refractivity contribution in [2.45, 2.75) is 26.3 Å². The molecular formula is C15H18Cl2N2O2. The number of hydrogen-bond donors (Lipinski definition) is 1. The van der Waals surface area contributed by atoms with Gasteiger partial charge < -0.3 is 10.2 Å². The molecular weight excluding hydrogens is 311 g/mol. The first kappa shape index (κ1) is 16.1. The van der Waals surface area contributed by atoms with Gasteiger partial charge in [-0.25, -0.2) is 0 Å². The van der Waals surface area contributed by atoms with Crippen molar-refractivity contribution in [3.8, 4) is 0 Å². The molecule has 1 heterocycles. The van der Waals surface area contributed by atoms with E-state index in [4.69, 9.17) is 23.2 Å². The number of rotatable bonds is 4. The lowest BCUT2D eigenvalue weighted by Gasteiger charge is -2.23. The van der Waals surface area contributed by atoms with Crippen LogP contribution in [0.15, 0.2) is 24.3 Å². The van der Waals surface area contributed by atoms with Gasteiger partial charge in [-0.05, 0) is 38.1 Å². The van der Waals surface area contributed by atoms with Crippen molar-refractivity contribution in [2.75, 3.05) is 17.3 Å². The van der Waals surface area contributed by atoms with Crippen molar-refractivity contribution in [3.63, 3.8) is 0 Å². The van der Waals surface area contributed by atoms with E-state index in [0.29, 0.717) is 18.0 Å². The maximum absolute atomic E-state index is 12.1. The Hall–Kier alpha value is -1.26. The average molecular weight is 329 g/mol. The number of anilines is 1. The molecule has 1 aliphatic rings. The molecule has 1 fully saturated rings. The zero-order valence-corrected chi connectivity index (χ0v) is 13.5. The molecule has 1 aromatic carbocycles. The van der Waals surface area contributed by atoms with Gasteiger partial charge in [-0.15, -0.1) is 11.6 Å². The fourth-order valence-electron chi connectivity index (χ4n) is 2.12. The van der Waals surface area contributed by atoms with E-state index in [1.54, 1.807) is 43.0 Å². The normalized spacial score (nSPS) is 19.0. The maximum Gasteiger partial charge on any atom is 0.229 e. The van der Waals surface area contributed by atoms with Crippen molar-refractivity contribution in [2.24, 2.45) is 5.41 Å². The van der Waals surface area contributed by atoms with Crippen molar-refractivity contribution in [1.82, 2.24) is 5.32 Å². The number of alkyl halides is 1. The molecule has 2 amide bonds. The summed E-state index contributed by atoms with van der Waals surface area (Å²) in [5.74, 6) is 0.0972. The molecule has 4 nitrogen and oxygen atoms in total. The molecule has 2 rings (SSSR count). The Morgan fingerprint density at radius 1 is 1.38 bits per heavy atom. The average Bonchev–Trinajstić information content (AvgIpc) is 2.80. The molecule has 6 heteroatoms. The Morgan fingerprint density at radius 2 is 2.00 bits per heavy atom. The summed E-state index contributed by atoms with van der Waals surface area (Å²) < 4.78 is 0. The van der Waals surface area contributed by atoms with Crippen molar-refractivity contribution in [3.05, 3.63) is 29.3 Å². The number of amides is 2. The second-order valence-corrected chi connectivity index (χ2v) is 6.58. The molecule has 1 aliphatic heterocycles. The van der Waals surface area contributed by atoms with E-state index in [0.717, 1.165) is 5.69 Å². The number of benzene rings is 1. The Kier molecular flexibility index (Phi) is 4.79. The highest BCUT2D eigenvalue weighted by Gasteiger charge is 2.35. The number of carbonyl (C=O) groups excluding carboxylic acids is 2. The molecule has 1 aromatic rings. The molecule has 0 spiro atoms. The van der Waals surface area contributed by atoms with Crippen LogP contribution in [-0.2, 0) is 9.59 Å². The van der Waals surface area contributed by atoms with Crippen LogP contribution in [0.25, 0.3) is 0 Å². The summed E-state index contributed by atoms with van der Waals surface area (Å²) in [6.07, 6.45) is 0.298. The summed E-state index contributed by atoms with van der Waals surface area (Å²) >= 11 is 11.6. The van der Waals surface area contributed by atoms with Crippen LogP contribution >= 0.6 is 23.2 Å². The Morgan fingerprint density at radius 3 is 2.57 bits per heavy atom. The van der Waals surface area contributed by atoms with E-state index in [1.807, 2.05) is 0 Å². The minimum absolute atomic E-state index is 0.00805. The Labute approximate surface area is 134 Å². The number of hydrogen-bond acceptors (Lipinski definition) is 2. The van der Waals surface area contributed by atoms with Crippen LogP contribution < -0.4 is 10.2 Å². The first-order chi connectivity index (χ1) is 9.83. The van der Waals surface area contributed by atoms with Gasteiger partial charge in [0, 0.05) is 29.6 Å². The highest BCUT2D eigenvalue weighted by molar-refractivity contribution is 6.30. The predicted molar refractivity (Wildman–Crippen MR) is 84.9 cm³/mol. The summed E-state index contributed by atoms with van der Waals surface area (Å²) in [4.78, 5) is 25.9. The van der Waals surface area contributed by atoms with Gasteiger partial charge in [-0.1, -0.05) is 11.6 Å². The van der Waals surface area contributed by atoms with Crippen LogP contribution in [0.5, 0.6) is 0 Å². The molecule has 114 valence electrons. The van der Waals surface area contributed by atoms with Gasteiger partial charge in [0.05, 0.1) is 11.5 Å². The summed E-state index contributed by atoms with van der Waals surface area (Å²) in [5.41, 5.74) is 0.149. The highest BCUT2D eigenvalue weighted by Crippen LogP contribution is 2.24. The van der Waals surface area contributed by atoms with E-state index in [9.17, 15) is 9.59 Å². The summed E-state index contributed by atoms with van der Waals surface area (Å²) in [6.45, 7) is 4.02. The lowest BCUT2D eigenvalue weighted by atomic mass is 9.95. The molecule has 1 saturated heterocycles. The molecule has 0 radical (unpaired) electrons. The van der Waals surface area contributed by atoms with E-state index in [2.05, 4.69) is 5.32 Å². The summed E-state index contributed by atoms with van der Waals surface area (Å²) in [7, 11) is 0. The van der Waals surface area contributed by atoms with E-state index < -0.39 is 5.41 Å². The van der Waals surface area contributed by atoms with E-state index >= 15 is 0 Å². The smallest absolute Gasteiger partial charge is 0.229 e. The van der Waals surface area contributed by atoms with Crippen molar-refractivity contribution in [1.29, 1.82) is 0 Å². The summed E-state index contributed by atoms with van der Waals surface area (Å²) in [5, 5.41) is 3.52. The van der Waals surface area contributed by atoms with Crippen molar-refractivity contribution < 1.29 is 9.59 Å². The first-order valence-electron chi connectivity index (χ1n) is 6.76. The lowest BCUT2D eigenvalue weighted by molar-refractivity contribution is -0.128. The zero-order valence-electron chi connectivity index (χ0n) is 12.0. The quantitative estimate of drug-likeness (QED) is 0.864. The molecule has 0 aliphatic carbocycles. The lowest BCUT2D eigenvalue weighted by Crippen LogP contribution is -2.44. The molecule has 1 N–H and O–H groups in total. The van der Waals surface area contributed by atoms with Gasteiger partial charge in [-0.2, -0.15) is 0 Å². The third-order valence-corrected chi connectivity index (χ3v) is 4.47. The van der Waals surface area contributed by atoms with Crippen LogP contribution in [0.1, 0.15) is 20.3 Å². The fourth-order valence-corrected chi connectivity index (χ4v) is 2.36. The molecule has 0 bridgehead atoms. The third kappa shape index (κ3) is 3.69. The van der Waals surface area contributed by atoms with E-state index in [-0.39, 0.29) is 23.7 Å². The van der Waals surface area contributed by atoms with Crippen LogP contribution in [0, 0.1) is 5.41 Å². The Bertz CT molecular complexity index is 543. The van der Waals surface area contributed by atoms with Crippen LogP contribution in [0.4, 0.5) is 5.69 Å². The minimum Gasteiger partial charge on any atom is -0.351 e. The zero-order chi connectivity index (χ0) is 15.6. The standard InChI is InChI=1S/C15H18Cl2N2O2/c1-15(2,9-16)14(21)18-11-7-13(20)19(8-11)12-5-3-10(17)4-6-12/h3-6,11H,7-9H2,1-2H3,(H,18,21)/t11-/m1/s1. The Balaban J connectivity index is 2.03. The number of halogens is 2. The highest BCUT2D eigenvalue weighted by atomic mass is 35.5. The van der Waals surface area contributed by atoms with Gasteiger partial charge in [0.2, 0.25) is 11.8 Å². The SMILES string of the molecule is CC(C)(CCl)C(=O)N[C@@H]1CC(=O)N(c2ccc(Cl)cc2)C1. The fraction of sp³-hybridized carbons (Fsp3) is 0.467. The van der Waals surface area contributed by atoms with Gasteiger partial charge in [0.1, 0.15) is 0 Å². The predicted octanol–water partition coefficient (Wildman–Crippen LogP) is 2.83. The van der Waals surface area contributed by atoms with E-state index in [1.165, 1.54) is 0 Å². The molecule has 0 aromatic heterocycles. The first-order valence-corrected chi connectivity index (χ1v) is 7.67. The molecule has 21 heavy (non-hydrogen) atoms. The monoisotopic (exact) mass is 328 g/mol. The molecule has 1 atom stereocenters. The summed E-state index contributed by atoms with van der Waals surface area (Å²) in [6, 6.07) is 6.89. The van der Waals surface area contributed by atoms with Gasteiger partial charge >= 0.3 is 0 Å². The largest absolute Gasteiger partial charge is 0.351 e. The van der Waals surface area contributed by atoms with Crippen LogP contribution in [-0.4, -0.2) is 30.3 Å². The van der Waals surface area contributed by atoms with Crippen LogP contribution in [0.2, 0.25) is 5.02 Å². The van der Waals surface area contributed by atoms with Gasteiger partial charge in [0.25, 0.3) is 0 Å². The maximum atomic E-state index is 12.1. The topological polar surface area (TPSA) is 49.4 Å². The van der Waals surface area contributed by atoms with Gasteiger partial charge in [0.15, 0.2) is 0 Å². The second-order valence-electron chi connectivity index (χ2n) is 5.87. The minimum atomic E-state index is -0.641. The second kappa shape index (κ2) is 6.24. The molecule has 0 unspecified atom stereocenters. The van der Waals surface area contributed by atoms with Gasteiger partial charge in [-0.3, -0.25) is 9.59 Å². The third-order valence-electron chi connectivity index (χ3n) is 3.55. The number of nitrogens with one attached hydrogen (secondary N) is 1. The van der Waals surface area contributed by atoms with Crippen molar-refractivity contribution >= 4 is 40.7 Å². The van der Waals surface area contributed by atoms with Crippen LogP contribution in [0.3, 0.4) is 0 Å². The number of nitrogens with zero attached hydrogens (tertiary/aromatic N) is 1.